The van der Waals surface area contributed by atoms with Crippen LogP contribution in [0.5, 0.6) is 5.75 Å². The zero-order valence-electron chi connectivity index (χ0n) is 15.3. The molecule has 0 aliphatic heterocycles. The van der Waals surface area contributed by atoms with Crippen molar-refractivity contribution in [3.63, 3.8) is 0 Å². The lowest BCUT2D eigenvalue weighted by Gasteiger charge is -2.21. The standard InChI is InChI=1S/C20H23N3O2S/c1-22(2)13-6-14-23(19(24)15-9-11-16(25-3)12-10-15)20-21-17-7-4-5-8-18(17)26-20/h4-5,7-12H,6,13-14H2,1-3H3. The summed E-state index contributed by atoms with van der Waals surface area (Å²) in [5.41, 5.74) is 1.56. The lowest BCUT2D eigenvalue weighted by Crippen LogP contribution is -2.33. The molecule has 1 heterocycles. The molecule has 1 amide bonds. The molecule has 0 aliphatic carbocycles. The summed E-state index contributed by atoms with van der Waals surface area (Å²) in [5.74, 6) is 0.700. The van der Waals surface area contributed by atoms with Crippen molar-refractivity contribution in [2.45, 2.75) is 6.42 Å². The molecule has 2 aromatic carbocycles. The van der Waals surface area contributed by atoms with Crippen LogP contribution in [0.15, 0.2) is 48.5 Å². The molecule has 1 aromatic heterocycles. The average molecular weight is 369 g/mol. The Morgan fingerprint density at radius 3 is 2.46 bits per heavy atom. The molecule has 6 heteroatoms. The third-order valence-electron chi connectivity index (χ3n) is 4.08. The first-order valence-electron chi connectivity index (χ1n) is 8.54. The number of methoxy groups -OCH3 is 1. The van der Waals surface area contributed by atoms with Crippen molar-refractivity contribution in [1.82, 2.24) is 9.88 Å². The summed E-state index contributed by atoms with van der Waals surface area (Å²) in [5, 5.41) is 0.741. The number of carbonyl (C=O) groups is 1. The molecule has 0 spiro atoms. The van der Waals surface area contributed by atoms with Gasteiger partial charge in [0.2, 0.25) is 0 Å². The summed E-state index contributed by atoms with van der Waals surface area (Å²) in [4.78, 5) is 21.7. The minimum absolute atomic E-state index is 0.0366. The molecular formula is C20H23N3O2S. The second kappa shape index (κ2) is 8.29. The molecule has 0 saturated heterocycles. The number of anilines is 1. The Morgan fingerprint density at radius 1 is 1.08 bits per heavy atom. The smallest absolute Gasteiger partial charge is 0.260 e. The Bertz CT molecular complexity index is 841. The van der Waals surface area contributed by atoms with Crippen molar-refractivity contribution in [3.05, 3.63) is 54.1 Å². The first-order valence-corrected chi connectivity index (χ1v) is 9.36. The lowest BCUT2D eigenvalue weighted by molar-refractivity contribution is 0.0986. The van der Waals surface area contributed by atoms with Gasteiger partial charge in [-0.25, -0.2) is 4.98 Å². The molecule has 0 N–H and O–H groups in total. The van der Waals surface area contributed by atoms with Crippen LogP contribution < -0.4 is 9.64 Å². The predicted molar refractivity (Wildman–Crippen MR) is 107 cm³/mol. The average Bonchev–Trinajstić information content (AvgIpc) is 3.08. The molecule has 0 fully saturated rings. The normalized spacial score (nSPS) is 11.1. The summed E-state index contributed by atoms with van der Waals surface area (Å²) in [7, 11) is 5.69. The number of amides is 1. The molecule has 3 aromatic rings. The number of benzene rings is 2. The van der Waals surface area contributed by atoms with Crippen LogP contribution in [-0.2, 0) is 0 Å². The van der Waals surface area contributed by atoms with E-state index in [1.54, 1.807) is 35.5 Å². The summed E-state index contributed by atoms with van der Waals surface area (Å²) < 4.78 is 6.27. The second-order valence-corrected chi connectivity index (χ2v) is 7.32. The maximum absolute atomic E-state index is 13.1. The largest absolute Gasteiger partial charge is 0.497 e. The van der Waals surface area contributed by atoms with Gasteiger partial charge in [-0.15, -0.1) is 0 Å². The van der Waals surface area contributed by atoms with Crippen LogP contribution in [0.2, 0.25) is 0 Å². The van der Waals surface area contributed by atoms with Crippen LogP contribution in [0.1, 0.15) is 16.8 Å². The highest BCUT2D eigenvalue weighted by atomic mass is 32.1. The Labute approximate surface area is 157 Å². The summed E-state index contributed by atoms with van der Waals surface area (Å²) in [6.45, 7) is 1.54. The number of hydrogen-bond acceptors (Lipinski definition) is 5. The van der Waals surface area contributed by atoms with Gasteiger partial charge in [-0.2, -0.15) is 0 Å². The number of nitrogens with zero attached hydrogens (tertiary/aromatic N) is 3. The number of fused-ring (bicyclic) bond motifs is 1. The van der Waals surface area contributed by atoms with E-state index in [0.717, 1.165) is 34.1 Å². The first-order chi connectivity index (χ1) is 12.6. The van der Waals surface area contributed by atoms with Crippen LogP contribution >= 0.6 is 11.3 Å². The number of hydrogen-bond donors (Lipinski definition) is 0. The fourth-order valence-corrected chi connectivity index (χ4v) is 3.68. The van der Waals surface area contributed by atoms with Crippen molar-refractivity contribution in [3.8, 4) is 5.75 Å². The van der Waals surface area contributed by atoms with Gasteiger partial charge < -0.3 is 9.64 Å². The summed E-state index contributed by atoms with van der Waals surface area (Å²) in [6.07, 6.45) is 0.880. The van der Waals surface area contributed by atoms with Crippen LogP contribution in [0.4, 0.5) is 5.13 Å². The Kier molecular flexibility index (Phi) is 5.85. The van der Waals surface area contributed by atoms with Gasteiger partial charge in [0.1, 0.15) is 5.75 Å². The van der Waals surface area contributed by atoms with Gasteiger partial charge in [-0.3, -0.25) is 9.69 Å². The van der Waals surface area contributed by atoms with E-state index < -0.39 is 0 Å². The van der Waals surface area contributed by atoms with Gasteiger partial charge >= 0.3 is 0 Å². The zero-order chi connectivity index (χ0) is 18.5. The van der Waals surface area contributed by atoms with Gasteiger partial charge in [0, 0.05) is 12.1 Å². The third-order valence-corrected chi connectivity index (χ3v) is 5.14. The van der Waals surface area contributed by atoms with Gasteiger partial charge in [0.05, 0.1) is 17.3 Å². The Balaban J connectivity index is 1.89. The number of carbonyl (C=O) groups excluding carboxylic acids is 1. The van der Waals surface area contributed by atoms with E-state index in [-0.39, 0.29) is 5.91 Å². The van der Waals surface area contributed by atoms with Crippen LogP contribution in [0.25, 0.3) is 10.2 Å². The van der Waals surface area contributed by atoms with Crippen molar-refractivity contribution in [2.75, 3.05) is 39.2 Å². The molecule has 136 valence electrons. The monoisotopic (exact) mass is 369 g/mol. The van der Waals surface area contributed by atoms with Gasteiger partial charge in [-0.1, -0.05) is 23.5 Å². The molecule has 0 radical (unpaired) electrons. The molecule has 3 rings (SSSR count). The molecule has 0 bridgehead atoms. The summed E-state index contributed by atoms with van der Waals surface area (Å²) >= 11 is 1.55. The third kappa shape index (κ3) is 4.20. The fraction of sp³-hybridized carbons (Fsp3) is 0.300. The van der Waals surface area contributed by atoms with E-state index in [1.165, 1.54) is 0 Å². The van der Waals surface area contributed by atoms with Crippen molar-refractivity contribution >= 4 is 32.6 Å². The molecule has 0 saturated carbocycles. The minimum Gasteiger partial charge on any atom is -0.497 e. The molecular weight excluding hydrogens is 346 g/mol. The van der Waals surface area contributed by atoms with E-state index >= 15 is 0 Å². The van der Waals surface area contributed by atoms with Crippen molar-refractivity contribution in [1.29, 1.82) is 0 Å². The highest BCUT2D eigenvalue weighted by Crippen LogP contribution is 2.30. The van der Waals surface area contributed by atoms with Crippen LogP contribution in [-0.4, -0.2) is 50.1 Å². The highest BCUT2D eigenvalue weighted by Gasteiger charge is 2.21. The zero-order valence-corrected chi connectivity index (χ0v) is 16.1. The number of rotatable bonds is 7. The Morgan fingerprint density at radius 2 is 1.81 bits per heavy atom. The van der Waals surface area contributed by atoms with Crippen molar-refractivity contribution < 1.29 is 9.53 Å². The quantitative estimate of drug-likeness (QED) is 0.634. The van der Waals surface area contributed by atoms with E-state index in [1.807, 2.05) is 50.5 Å². The van der Waals surface area contributed by atoms with Gasteiger partial charge in [0.25, 0.3) is 5.91 Å². The molecule has 5 nitrogen and oxygen atoms in total. The maximum atomic E-state index is 13.1. The number of para-hydroxylation sites is 1. The topological polar surface area (TPSA) is 45.7 Å². The SMILES string of the molecule is COc1ccc(C(=O)N(CCCN(C)C)c2nc3ccccc3s2)cc1. The number of ether oxygens (including phenoxy) is 1. The van der Waals surface area contributed by atoms with E-state index in [2.05, 4.69) is 9.88 Å². The maximum Gasteiger partial charge on any atom is 0.260 e. The molecule has 0 atom stereocenters. The van der Waals surface area contributed by atoms with Crippen molar-refractivity contribution in [2.24, 2.45) is 0 Å². The van der Waals surface area contributed by atoms with E-state index in [0.29, 0.717) is 12.1 Å². The van der Waals surface area contributed by atoms with Crippen LogP contribution in [0, 0.1) is 0 Å². The highest BCUT2D eigenvalue weighted by molar-refractivity contribution is 7.22. The first kappa shape index (κ1) is 18.4. The van der Waals surface area contributed by atoms with Gasteiger partial charge in [-0.05, 0) is 63.5 Å². The summed E-state index contributed by atoms with van der Waals surface area (Å²) in [6, 6.07) is 15.2. The second-order valence-electron chi connectivity index (χ2n) is 6.31. The van der Waals surface area contributed by atoms with Crippen LogP contribution in [0.3, 0.4) is 0 Å². The molecule has 0 unspecified atom stereocenters. The minimum atomic E-state index is -0.0366. The van der Waals surface area contributed by atoms with E-state index in [9.17, 15) is 4.79 Å². The lowest BCUT2D eigenvalue weighted by atomic mass is 10.2. The van der Waals surface area contributed by atoms with E-state index in [4.69, 9.17) is 4.74 Å². The fourth-order valence-electron chi connectivity index (χ4n) is 2.69. The predicted octanol–water partition coefficient (Wildman–Crippen LogP) is 3.90. The Hall–Kier alpha value is -2.44. The molecule has 0 aliphatic rings. The number of aromatic nitrogens is 1. The number of thiazole rings is 1. The molecule has 26 heavy (non-hydrogen) atoms. The van der Waals surface area contributed by atoms with Gasteiger partial charge in [0.15, 0.2) is 5.13 Å².